The molecule has 8 nitrogen and oxygen atoms in total. The van der Waals surface area contributed by atoms with Gasteiger partial charge in [-0.25, -0.2) is 4.98 Å². The van der Waals surface area contributed by atoms with Crippen LogP contribution in [0, 0.1) is 5.92 Å². The number of carbonyl (C=O) groups is 1. The van der Waals surface area contributed by atoms with Crippen LogP contribution in [0.3, 0.4) is 0 Å². The third-order valence-electron chi connectivity index (χ3n) is 9.58. The second-order valence-corrected chi connectivity index (χ2v) is 13.2. The number of aliphatic hydroxyl groups excluding tert-OH is 1. The number of carbonyl (C=O) groups excluding carboxylic acids is 1. The molecule has 2 fully saturated rings. The first kappa shape index (κ1) is 31.1. The van der Waals surface area contributed by atoms with E-state index in [9.17, 15) is 9.90 Å². The number of methoxy groups -OCH3 is 2. The molecule has 0 bridgehead atoms. The molecule has 1 aliphatic carbocycles. The molecule has 10 heteroatoms. The van der Waals surface area contributed by atoms with E-state index in [1.54, 1.807) is 27.3 Å². The van der Waals surface area contributed by atoms with Gasteiger partial charge in [0.05, 0.1) is 42.3 Å². The molecule has 3 aliphatic rings. The number of nitrogens with zero attached hydrogens (tertiary/aromatic N) is 4. The second kappa shape index (κ2) is 12.6. The molecule has 0 saturated carbocycles. The highest BCUT2D eigenvalue weighted by Crippen LogP contribution is 2.48. The molecule has 2 aliphatic heterocycles. The van der Waals surface area contributed by atoms with Crippen molar-refractivity contribution < 1.29 is 19.4 Å². The topological polar surface area (TPSA) is 88.0 Å². The van der Waals surface area contributed by atoms with Crippen LogP contribution in [0.15, 0.2) is 54.7 Å². The predicted octanol–water partition coefficient (Wildman–Crippen LogP) is 6.49. The zero-order valence-electron chi connectivity index (χ0n) is 26.1. The Morgan fingerprint density at radius 3 is 2.28 bits per heavy atom. The third-order valence-corrected chi connectivity index (χ3v) is 10.4. The molecule has 0 unspecified atom stereocenters. The summed E-state index contributed by atoms with van der Waals surface area (Å²) in [7, 11) is 3.29. The van der Waals surface area contributed by atoms with Crippen LogP contribution in [-0.4, -0.2) is 77.2 Å². The lowest BCUT2D eigenvalue weighted by atomic mass is 9.91. The second-order valence-electron chi connectivity index (χ2n) is 12.5. The molecule has 0 radical (unpaired) electrons. The molecule has 3 aromatic carbocycles. The highest BCUT2D eigenvalue weighted by Gasteiger charge is 2.40. The molecule has 2 saturated heterocycles. The fourth-order valence-corrected chi connectivity index (χ4v) is 7.66. The molecule has 3 heterocycles. The van der Waals surface area contributed by atoms with Crippen molar-refractivity contribution >= 4 is 29.0 Å². The molecule has 4 aromatic rings. The van der Waals surface area contributed by atoms with E-state index >= 15 is 0 Å². The Hall–Kier alpha value is -3.53. The van der Waals surface area contributed by atoms with Crippen LogP contribution in [-0.2, 0) is 17.8 Å². The van der Waals surface area contributed by atoms with Crippen molar-refractivity contribution in [3.63, 3.8) is 0 Å². The van der Waals surface area contributed by atoms with Gasteiger partial charge in [0, 0.05) is 72.5 Å². The van der Waals surface area contributed by atoms with Crippen molar-refractivity contribution in [1.29, 1.82) is 0 Å². The summed E-state index contributed by atoms with van der Waals surface area (Å²) in [6.07, 6.45) is 3.37. The number of rotatable bonds is 9. The van der Waals surface area contributed by atoms with Crippen molar-refractivity contribution in [3.8, 4) is 45.1 Å². The van der Waals surface area contributed by atoms with Gasteiger partial charge in [-0.15, -0.1) is 0 Å². The van der Waals surface area contributed by atoms with Crippen molar-refractivity contribution in [2.24, 2.45) is 5.92 Å². The van der Waals surface area contributed by atoms with E-state index in [1.807, 2.05) is 36.4 Å². The van der Waals surface area contributed by atoms with Crippen LogP contribution >= 0.6 is 23.2 Å². The number of β-amino-alcohol motifs (C(OH)–C–C–N with tert-alkyl or cyclic N) is 1. The van der Waals surface area contributed by atoms with Gasteiger partial charge in [-0.1, -0.05) is 65.7 Å². The summed E-state index contributed by atoms with van der Waals surface area (Å²) < 4.78 is 11.5. The smallest absolute Gasteiger partial charge is 0.237 e. The van der Waals surface area contributed by atoms with Crippen molar-refractivity contribution in [2.45, 2.75) is 38.5 Å². The van der Waals surface area contributed by atoms with Crippen LogP contribution in [0.1, 0.15) is 36.2 Å². The average molecular weight is 660 g/mol. The van der Waals surface area contributed by atoms with Crippen LogP contribution in [0.5, 0.6) is 11.6 Å². The minimum Gasteiger partial charge on any atom is -0.496 e. The van der Waals surface area contributed by atoms with Gasteiger partial charge < -0.3 is 14.6 Å². The maximum Gasteiger partial charge on any atom is 0.237 e. The fraction of sp³-hybridized carbons (Fsp3) is 0.361. The summed E-state index contributed by atoms with van der Waals surface area (Å²) in [6.45, 7) is 5.08. The van der Waals surface area contributed by atoms with Gasteiger partial charge in [-0.3, -0.25) is 19.6 Å². The van der Waals surface area contributed by atoms with E-state index in [4.69, 9.17) is 37.7 Å². The summed E-state index contributed by atoms with van der Waals surface area (Å²) >= 11 is 14.3. The average Bonchev–Trinajstić information content (AvgIpc) is 3.43. The number of fused-ring (bicyclic) bond motifs is 1. The Bertz CT molecular complexity index is 1820. The maximum absolute atomic E-state index is 11.8. The summed E-state index contributed by atoms with van der Waals surface area (Å²) in [4.78, 5) is 25.7. The normalized spacial score (nSPS) is 18.6. The Labute approximate surface area is 278 Å². The lowest BCUT2D eigenvalue weighted by Gasteiger charge is -2.42. The summed E-state index contributed by atoms with van der Waals surface area (Å²) in [5.41, 5.74) is 7.99. The molecule has 7 rings (SSSR count). The minimum atomic E-state index is -0.292. The van der Waals surface area contributed by atoms with E-state index in [-0.39, 0.29) is 23.8 Å². The SMILES string of the molecule is COc1cc(-c2cccc(-c3cccc(-c4cnc(CN5CC(O)C5)c(OC)n4)c3Cl)c2Cl)cc2c1[C@H](N1CC(C(C)=O)C1)CC2. The molecule has 1 N–H and O–H groups in total. The zero-order chi connectivity index (χ0) is 32.1. The zero-order valence-corrected chi connectivity index (χ0v) is 27.6. The number of aryl methyl sites for hydroxylation is 1. The van der Waals surface area contributed by atoms with Gasteiger partial charge in [-0.05, 0) is 37.0 Å². The Balaban J connectivity index is 1.20. The fourth-order valence-electron chi connectivity index (χ4n) is 7.00. The number of aliphatic hydroxyl groups is 1. The van der Waals surface area contributed by atoms with E-state index in [0.717, 1.165) is 59.5 Å². The van der Waals surface area contributed by atoms with Gasteiger partial charge >= 0.3 is 0 Å². The Kier molecular flexibility index (Phi) is 8.50. The van der Waals surface area contributed by atoms with Gasteiger partial charge in [-0.2, -0.15) is 0 Å². The number of ketones is 1. The molecule has 0 spiro atoms. The maximum atomic E-state index is 11.8. The molecule has 0 amide bonds. The molecule has 1 atom stereocenters. The van der Waals surface area contributed by atoms with Crippen LogP contribution in [0.25, 0.3) is 33.5 Å². The highest BCUT2D eigenvalue weighted by atomic mass is 35.5. The molecular formula is C36H36Cl2N4O4. The van der Waals surface area contributed by atoms with Gasteiger partial charge in [0.25, 0.3) is 0 Å². The number of aromatic nitrogens is 2. The minimum absolute atomic E-state index is 0.139. The van der Waals surface area contributed by atoms with Gasteiger partial charge in [0.2, 0.25) is 5.88 Å². The highest BCUT2D eigenvalue weighted by molar-refractivity contribution is 6.39. The van der Waals surface area contributed by atoms with Crippen LogP contribution < -0.4 is 9.47 Å². The summed E-state index contributed by atoms with van der Waals surface area (Å²) in [6, 6.07) is 16.4. The van der Waals surface area contributed by atoms with Crippen molar-refractivity contribution in [1.82, 2.24) is 19.8 Å². The lowest BCUT2D eigenvalue weighted by Crippen LogP contribution is -2.50. The number of likely N-dealkylation sites (tertiary alicyclic amines) is 2. The van der Waals surface area contributed by atoms with E-state index in [2.05, 4.69) is 26.9 Å². The Morgan fingerprint density at radius 1 is 0.957 bits per heavy atom. The standard InChI is InChI=1S/C36H36Cl2N4O4/c1-20(43)23-15-42(16-23)31-11-10-21-12-22(13-32(45-2)33(21)31)25-6-4-7-26(34(25)37)27-8-5-9-28(35(27)38)29-14-39-30(36(40-29)46-3)19-41-17-24(44)18-41/h4-9,12-14,23-24,31,44H,10-11,15-19H2,1-3H3/t31-/m1/s1. The molecule has 238 valence electrons. The summed E-state index contributed by atoms with van der Waals surface area (Å²) in [5.74, 6) is 1.69. The molecular weight excluding hydrogens is 623 g/mol. The van der Waals surface area contributed by atoms with Crippen LogP contribution in [0.4, 0.5) is 0 Å². The monoisotopic (exact) mass is 658 g/mol. The Morgan fingerprint density at radius 2 is 1.63 bits per heavy atom. The van der Waals surface area contributed by atoms with Crippen molar-refractivity contribution in [2.75, 3.05) is 40.4 Å². The van der Waals surface area contributed by atoms with E-state index < -0.39 is 0 Å². The van der Waals surface area contributed by atoms with E-state index in [1.165, 1.54) is 11.1 Å². The first-order valence-electron chi connectivity index (χ1n) is 15.6. The summed E-state index contributed by atoms with van der Waals surface area (Å²) in [5, 5.41) is 10.8. The number of benzene rings is 3. The number of hydrogen-bond donors (Lipinski definition) is 1. The largest absolute Gasteiger partial charge is 0.496 e. The van der Waals surface area contributed by atoms with Crippen LogP contribution in [0.2, 0.25) is 10.0 Å². The van der Waals surface area contributed by atoms with E-state index in [0.29, 0.717) is 46.9 Å². The first-order valence-corrected chi connectivity index (χ1v) is 16.3. The number of halogens is 2. The number of ether oxygens (including phenoxy) is 2. The number of hydrogen-bond acceptors (Lipinski definition) is 8. The number of Topliss-reactive ketones (excluding diaryl/α,β-unsaturated/α-hetero) is 1. The third kappa shape index (κ3) is 5.56. The molecule has 46 heavy (non-hydrogen) atoms. The predicted molar refractivity (Wildman–Crippen MR) is 180 cm³/mol. The van der Waals surface area contributed by atoms with Gasteiger partial charge in [0.15, 0.2) is 0 Å². The first-order chi connectivity index (χ1) is 22.2. The van der Waals surface area contributed by atoms with Gasteiger partial charge in [0.1, 0.15) is 17.2 Å². The lowest BCUT2D eigenvalue weighted by molar-refractivity contribution is -0.127. The molecule has 1 aromatic heterocycles. The van der Waals surface area contributed by atoms with Crippen molar-refractivity contribution in [3.05, 3.63) is 81.6 Å². The quantitative estimate of drug-likeness (QED) is 0.218.